The number of halogens is 3. The minimum absolute atomic E-state index is 0.0196. The first-order valence-corrected chi connectivity index (χ1v) is 13.7. The summed E-state index contributed by atoms with van der Waals surface area (Å²) < 4.78 is 52.8. The van der Waals surface area contributed by atoms with Crippen LogP contribution < -0.4 is 5.32 Å². The van der Waals surface area contributed by atoms with E-state index in [2.05, 4.69) is 22.4 Å². The number of alkyl halides is 2. The lowest BCUT2D eigenvalue weighted by atomic mass is 9.95. The Balaban J connectivity index is 1.14. The van der Waals surface area contributed by atoms with Crippen molar-refractivity contribution >= 4 is 11.8 Å². The van der Waals surface area contributed by atoms with Gasteiger partial charge in [0.25, 0.3) is 5.92 Å². The zero-order valence-electron chi connectivity index (χ0n) is 21.9. The summed E-state index contributed by atoms with van der Waals surface area (Å²) in [5.41, 5.74) is 2.68. The van der Waals surface area contributed by atoms with E-state index < -0.39 is 42.9 Å². The number of hydrogen-bond acceptors (Lipinski definition) is 7. The number of aromatic nitrogens is 2. The van der Waals surface area contributed by atoms with Gasteiger partial charge in [-0.3, -0.25) is 14.7 Å². The number of likely N-dealkylation sites (tertiary alicyclic amines) is 1. The van der Waals surface area contributed by atoms with Crippen molar-refractivity contribution in [2.45, 2.75) is 75.5 Å². The van der Waals surface area contributed by atoms with E-state index in [1.807, 2.05) is 0 Å². The molecule has 0 bridgehead atoms. The van der Waals surface area contributed by atoms with E-state index in [1.54, 1.807) is 4.90 Å². The molecule has 2 aromatic heterocycles. The number of fused-ring (bicyclic) bond motifs is 1. The molecular formula is C28H35F3N4O4. The van der Waals surface area contributed by atoms with Crippen molar-refractivity contribution in [2.75, 3.05) is 38.2 Å². The van der Waals surface area contributed by atoms with Crippen LogP contribution in [0, 0.1) is 5.82 Å². The Bertz CT molecular complexity index is 1160. The SMILES string of the molecule is O=C(O)[C@H](c1cc(F)cnc1[C@@H]1CCC(F)(F)CO1)N1CC[C@@H](OCCCCc2ccc3c(n2)NCCC3)C1. The van der Waals surface area contributed by atoms with E-state index in [0.717, 1.165) is 62.4 Å². The highest BCUT2D eigenvalue weighted by Gasteiger charge is 2.41. The van der Waals surface area contributed by atoms with Crippen molar-refractivity contribution in [1.29, 1.82) is 0 Å². The molecule has 2 N–H and O–H groups in total. The number of carboxylic acid groups (broad SMARTS) is 1. The number of ether oxygens (including phenoxy) is 2. The van der Waals surface area contributed by atoms with E-state index in [9.17, 15) is 23.1 Å². The van der Waals surface area contributed by atoms with Crippen LogP contribution in [0.5, 0.6) is 0 Å². The van der Waals surface area contributed by atoms with Gasteiger partial charge >= 0.3 is 5.97 Å². The summed E-state index contributed by atoms with van der Waals surface area (Å²) in [5, 5.41) is 13.5. The van der Waals surface area contributed by atoms with E-state index in [1.165, 1.54) is 5.56 Å². The van der Waals surface area contributed by atoms with Crippen molar-refractivity contribution in [1.82, 2.24) is 14.9 Å². The maximum absolute atomic E-state index is 14.2. The highest BCUT2D eigenvalue weighted by molar-refractivity contribution is 5.76. The second-order valence-electron chi connectivity index (χ2n) is 10.6. The third kappa shape index (κ3) is 6.88. The molecule has 2 aromatic rings. The minimum Gasteiger partial charge on any atom is -0.480 e. The first-order chi connectivity index (χ1) is 18.8. The zero-order valence-corrected chi connectivity index (χ0v) is 21.9. The minimum atomic E-state index is -2.93. The number of rotatable bonds is 10. The summed E-state index contributed by atoms with van der Waals surface area (Å²) in [6.07, 6.45) is 5.09. The summed E-state index contributed by atoms with van der Waals surface area (Å²) in [5.74, 6) is -3.77. The molecular weight excluding hydrogens is 513 g/mol. The number of carboxylic acids is 1. The number of carbonyl (C=O) groups is 1. The predicted octanol–water partition coefficient (Wildman–Crippen LogP) is 4.70. The molecule has 11 heteroatoms. The molecule has 0 unspecified atom stereocenters. The lowest BCUT2D eigenvalue weighted by Gasteiger charge is -2.32. The van der Waals surface area contributed by atoms with E-state index >= 15 is 0 Å². The lowest BCUT2D eigenvalue weighted by molar-refractivity contribution is -0.148. The van der Waals surface area contributed by atoms with Gasteiger partial charge in [-0.2, -0.15) is 0 Å². The van der Waals surface area contributed by atoms with E-state index in [4.69, 9.17) is 14.5 Å². The molecule has 2 fully saturated rings. The average Bonchev–Trinajstić information content (AvgIpc) is 3.37. The number of aryl methyl sites for hydroxylation is 2. The molecule has 0 spiro atoms. The molecule has 5 heterocycles. The molecule has 3 aliphatic heterocycles. The summed E-state index contributed by atoms with van der Waals surface area (Å²) in [7, 11) is 0. The first kappa shape index (κ1) is 27.8. The highest BCUT2D eigenvalue weighted by atomic mass is 19.3. The number of unbranched alkanes of at least 4 members (excludes halogenated alkanes) is 1. The molecule has 8 nitrogen and oxygen atoms in total. The molecule has 0 amide bonds. The molecule has 3 aliphatic rings. The second kappa shape index (κ2) is 12.2. The third-order valence-electron chi connectivity index (χ3n) is 7.69. The van der Waals surface area contributed by atoms with Gasteiger partial charge in [0.2, 0.25) is 0 Å². The molecule has 3 atom stereocenters. The van der Waals surface area contributed by atoms with Gasteiger partial charge in [0.1, 0.15) is 30.4 Å². The third-order valence-corrected chi connectivity index (χ3v) is 7.69. The van der Waals surface area contributed by atoms with Crippen LogP contribution >= 0.6 is 0 Å². The topological polar surface area (TPSA) is 96.8 Å². The normalized spacial score (nSPS) is 23.7. The standard InChI is InChI=1S/C28H35F3N4O4/c29-19-14-22(24(33-15-19)23-8-10-28(30,31)17-39-23)25(27(36)37)35-12-9-21(16-35)38-13-2-1-5-20-7-6-18-4-3-11-32-26(18)34-20/h6-7,14-15,21,23,25H,1-5,8-13,16-17H2,(H,32,34)(H,36,37)/t21-,23+,25+/m1/s1. The van der Waals surface area contributed by atoms with Crippen LogP contribution in [-0.2, 0) is 27.1 Å². The van der Waals surface area contributed by atoms with Crippen molar-refractivity contribution in [3.8, 4) is 0 Å². The van der Waals surface area contributed by atoms with Gasteiger partial charge in [0.05, 0.1) is 18.0 Å². The summed E-state index contributed by atoms with van der Waals surface area (Å²) in [6, 6.07) is 4.20. The quantitative estimate of drug-likeness (QED) is 0.413. The van der Waals surface area contributed by atoms with Crippen molar-refractivity contribution in [3.63, 3.8) is 0 Å². The van der Waals surface area contributed by atoms with Crippen molar-refractivity contribution < 1.29 is 32.5 Å². The zero-order chi connectivity index (χ0) is 27.4. The Morgan fingerprint density at radius 3 is 2.97 bits per heavy atom. The lowest BCUT2D eigenvalue weighted by Crippen LogP contribution is -2.36. The number of nitrogens with zero attached hydrogens (tertiary/aromatic N) is 3. The molecule has 0 saturated carbocycles. The monoisotopic (exact) mass is 548 g/mol. The molecule has 212 valence electrons. The van der Waals surface area contributed by atoms with Crippen LogP contribution in [0.1, 0.15) is 73.2 Å². The fourth-order valence-electron chi connectivity index (χ4n) is 5.67. The van der Waals surface area contributed by atoms with Gasteiger partial charge in [0, 0.05) is 43.9 Å². The largest absolute Gasteiger partial charge is 0.480 e. The maximum atomic E-state index is 14.2. The number of pyridine rings is 2. The Labute approximate surface area is 225 Å². The van der Waals surface area contributed by atoms with Crippen LogP contribution in [-0.4, -0.2) is 70.8 Å². The van der Waals surface area contributed by atoms with Crippen molar-refractivity contribution in [3.05, 3.63) is 52.7 Å². The van der Waals surface area contributed by atoms with Gasteiger partial charge in [-0.15, -0.1) is 0 Å². The Morgan fingerprint density at radius 1 is 1.31 bits per heavy atom. The predicted molar refractivity (Wildman–Crippen MR) is 137 cm³/mol. The number of hydrogen-bond donors (Lipinski definition) is 2. The Morgan fingerprint density at radius 2 is 2.18 bits per heavy atom. The fourth-order valence-corrected chi connectivity index (χ4v) is 5.67. The average molecular weight is 549 g/mol. The summed E-state index contributed by atoms with van der Waals surface area (Å²) >= 11 is 0. The molecule has 0 radical (unpaired) electrons. The van der Waals surface area contributed by atoms with Gasteiger partial charge in [-0.25, -0.2) is 18.2 Å². The van der Waals surface area contributed by atoms with Gasteiger partial charge in [-0.05, 0) is 62.6 Å². The first-order valence-electron chi connectivity index (χ1n) is 13.7. The fraction of sp³-hybridized carbons (Fsp3) is 0.607. The van der Waals surface area contributed by atoms with Crippen molar-refractivity contribution in [2.24, 2.45) is 0 Å². The van der Waals surface area contributed by atoms with Crippen LogP contribution in [0.2, 0.25) is 0 Å². The second-order valence-corrected chi connectivity index (χ2v) is 10.6. The summed E-state index contributed by atoms with van der Waals surface area (Å²) in [4.78, 5) is 22.9. The van der Waals surface area contributed by atoms with Gasteiger partial charge in [-0.1, -0.05) is 6.07 Å². The van der Waals surface area contributed by atoms with E-state index in [-0.39, 0.29) is 23.8 Å². The molecule has 0 aliphatic carbocycles. The van der Waals surface area contributed by atoms with Crippen LogP contribution in [0.3, 0.4) is 0 Å². The smallest absolute Gasteiger partial charge is 0.325 e. The molecule has 5 rings (SSSR count). The van der Waals surface area contributed by atoms with E-state index in [0.29, 0.717) is 26.1 Å². The van der Waals surface area contributed by atoms with Gasteiger partial charge in [0.15, 0.2) is 0 Å². The molecule has 39 heavy (non-hydrogen) atoms. The Hall–Kier alpha value is -2.76. The number of anilines is 1. The van der Waals surface area contributed by atoms with Crippen LogP contribution in [0.4, 0.5) is 19.0 Å². The number of aliphatic carboxylic acids is 1. The van der Waals surface area contributed by atoms with Crippen LogP contribution in [0.25, 0.3) is 0 Å². The Kier molecular flexibility index (Phi) is 8.68. The van der Waals surface area contributed by atoms with Crippen LogP contribution in [0.15, 0.2) is 24.4 Å². The molecule has 2 saturated heterocycles. The van der Waals surface area contributed by atoms with Gasteiger partial charge < -0.3 is 19.9 Å². The maximum Gasteiger partial charge on any atom is 0.325 e. The number of nitrogens with one attached hydrogen (secondary N) is 1. The summed E-state index contributed by atoms with van der Waals surface area (Å²) in [6.45, 7) is 1.56. The highest BCUT2D eigenvalue weighted by Crippen LogP contribution is 2.39. The molecule has 0 aromatic carbocycles.